The van der Waals surface area contributed by atoms with Crippen LogP contribution in [0.3, 0.4) is 0 Å². The monoisotopic (exact) mass is 290 g/mol. The second-order valence-electron chi connectivity index (χ2n) is 2.76. The lowest BCUT2D eigenvalue weighted by Crippen LogP contribution is -1.91. The molecule has 14 heavy (non-hydrogen) atoms. The van der Waals surface area contributed by atoms with Gasteiger partial charge in [0, 0.05) is 4.47 Å². The Morgan fingerprint density at radius 3 is 2.21 bits per heavy atom. The Morgan fingerprint density at radius 1 is 1.14 bits per heavy atom. The molecule has 0 nitrogen and oxygen atoms in total. The lowest BCUT2D eigenvalue weighted by Gasteiger charge is -2.16. The van der Waals surface area contributed by atoms with Gasteiger partial charge in [0.1, 0.15) is 0 Å². The Kier molecular flexibility index (Phi) is 6.06. The van der Waals surface area contributed by atoms with Crippen LogP contribution in [-0.2, 0) is 0 Å². The van der Waals surface area contributed by atoms with E-state index in [1.807, 2.05) is 23.5 Å². The third kappa shape index (κ3) is 3.52. The fraction of sp³-hybridized carbons (Fsp3) is 0.455. The molecule has 0 fully saturated rings. The molecule has 0 saturated carbocycles. The SMILES string of the molecule is CCSC(SCC)c1ccccc1Br. The van der Waals surface area contributed by atoms with Gasteiger partial charge in [0.2, 0.25) is 0 Å². The molecule has 78 valence electrons. The topological polar surface area (TPSA) is 0 Å². The molecule has 0 saturated heterocycles. The first-order valence-corrected chi connectivity index (χ1v) is 7.66. The van der Waals surface area contributed by atoms with E-state index in [1.54, 1.807) is 0 Å². The lowest BCUT2D eigenvalue weighted by molar-refractivity contribution is 1.32. The molecule has 0 heterocycles. The van der Waals surface area contributed by atoms with Crippen LogP contribution in [0.25, 0.3) is 0 Å². The second kappa shape index (κ2) is 6.81. The van der Waals surface area contributed by atoms with Gasteiger partial charge in [-0.3, -0.25) is 0 Å². The van der Waals surface area contributed by atoms with Crippen LogP contribution in [0.1, 0.15) is 24.0 Å². The van der Waals surface area contributed by atoms with Gasteiger partial charge in [-0.25, -0.2) is 0 Å². The molecule has 1 aromatic rings. The summed E-state index contributed by atoms with van der Waals surface area (Å²) in [5, 5.41) is 0. The van der Waals surface area contributed by atoms with Gasteiger partial charge in [-0.05, 0) is 23.1 Å². The van der Waals surface area contributed by atoms with Crippen LogP contribution in [-0.4, -0.2) is 11.5 Å². The molecular formula is C11H15BrS2. The molecule has 0 radical (unpaired) electrons. The van der Waals surface area contributed by atoms with E-state index in [4.69, 9.17) is 0 Å². The maximum Gasteiger partial charge on any atom is 0.0761 e. The molecule has 0 aliphatic rings. The molecule has 3 heteroatoms. The summed E-state index contributed by atoms with van der Waals surface area (Å²) in [5.74, 6) is 2.33. The van der Waals surface area contributed by atoms with Gasteiger partial charge >= 0.3 is 0 Å². The summed E-state index contributed by atoms with van der Waals surface area (Å²) in [6.07, 6.45) is 0. The van der Waals surface area contributed by atoms with Crippen LogP contribution in [0.5, 0.6) is 0 Å². The largest absolute Gasteiger partial charge is 0.143 e. The van der Waals surface area contributed by atoms with E-state index in [0.717, 1.165) is 0 Å². The highest BCUT2D eigenvalue weighted by atomic mass is 79.9. The molecule has 0 aliphatic heterocycles. The molecule has 1 aromatic carbocycles. The molecule has 0 N–H and O–H groups in total. The number of hydrogen-bond acceptors (Lipinski definition) is 2. The molecule has 0 aromatic heterocycles. The number of rotatable bonds is 5. The van der Waals surface area contributed by atoms with Crippen molar-refractivity contribution >= 4 is 39.5 Å². The average molecular weight is 291 g/mol. The van der Waals surface area contributed by atoms with Crippen molar-refractivity contribution in [3.8, 4) is 0 Å². The minimum atomic E-state index is 0.570. The molecule has 0 unspecified atom stereocenters. The number of hydrogen-bond donors (Lipinski definition) is 0. The van der Waals surface area contributed by atoms with Crippen molar-refractivity contribution in [2.75, 3.05) is 11.5 Å². The minimum Gasteiger partial charge on any atom is -0.143 e. The van der Waals surface area contributed by atoms with Gasteiger partial charge < -0.3 is 0 Å². The first kappa shape index (κ1) is 12.5. The van der Waals surface area contributed by atoms with E-state index in [1.165, 1.54) is 21.5 Å². The normalized spacial score (nSPS) is 10.9. The van der Waals surface area contributed by atoms with Gasteiger partial charge in [-0.1, -0.05) is 48.0 Å². The lowest BCUT2D eigenvalue weighted by atomic mass is 10.2. The maximum atomic E-state index is 3.61. The zero-order chi connectivity index (χ0) is 10.4. The van der Waals surface area contributed by atoms with E-state index < -0.39 is 0 Å². The minimum absolute atomic E-state index is 0.570. The standard InChI is InChI=1S/C11H15BrS2/c1-3-13-11(14-4-2)9-7-5-6-8-10(9)12/h5-8,11H,3-4H2,1-2H3. The summed E-state index contributed by atoms with van der Waals surface area (Å²) in [6, 6.07) is 8.51. The molecule has 0 amide bonds. The Balaban J connectivity index is 2.81. The van der Waals surface area contributed by atoms with Gasteiger partial charge in [0.05, 0.1) is 4.58 Å². The molecule has 0 spiro atoms. The van der Waals surface area contributed by atoms with Gasteiger partial charge in [0.15, 0.2) is 0 Å². The molecule has 0 aliphatic carbocycles. The highest BCUT2D eigenvalue weighted by Gasteiger charge is 2.12. The fourth-order valence-corrected chi connectivity index (χ4v) is 4.59. The third-order valence-corrected chi connectivity index (χ3v) is 5.11. The van der Waals surface area contributed by atoms with Gasteiger partial charge in [-0.15, -0.1) is 23.5 Å². The predicted octanol–water partition coefficient (Wildman–Crippen LogP) is 4.95. The van der Waals surface area contributed by atoms with Crippen molar-refractivity contribution in [1.29, 1.82) is 0 Å². The molecular weight excluding hydrogens is 276 g/mol. The summed E-state index contributed by atoms with van der Waals surface area (Å²) in [6.45, 7) is 4.43. The summed E-state index contributed by atoms with van der Waals surface area (Å²) >= 11 is 7.61. The van der Waals surface area contributed by atoms with Crippen LogP contribution >= 0.6 is 39.5 Å². The van der Waals surface area contributed by atoms with E-state index in [9.17, 15) is 0 Å². The van der Waals surface area contributed by atoms with Crippen LogP contribution in [0.4, 0.5) is 0 Å². The average Bonchev–Trinajstić information content (AvgIpc) is 2.18. The quantitative estimate of drug-likeness (QED) is 0.704. The third-order valence-electron chi connectivity index (χ3n) is 1.80. The van der Waals surface area contributed by atoms with E-state index in [-0.39, 0.29) is 0 Å². The summed E-state index contributed by atoms with van der Waals surface area (Å²) in [7, 11) is 0. The highest BCUT2D eigenvalue weighted by molar-refractivity contribution is 9.10. The Morgan fingerprint density at radius 2 is 1.71 bits per heavy atom. The summed E-state index contributed by atoms with van der Waals surface area (Å²) in [5.41, 5.74) is 1.41. The number of halogens is 1. The first-order chi connectivity index (χ1) is 6.79. The van der Waals surface area contributed by atoms with Crippen molar-refractivity contribution in [3.05, 3.63) is 34.3 Å². The Bertz CT molecular complexity index is 270. The van der Waals surface area contributed by atoms with E-state index >= 15 is 0 Å². The zero-order valence-corrected chi connectivity index (χ0v) is 11.7. The summed E-state index contributed by atoms with van der Waals surface area (Å²) in [4.78, 5) is 0. The molecule has 0 atom stereocenters. The van der Waals surface area contributed by atoms with Crippen molar-refractivity contribution in [2.45, 2.75) is 18.4 Å². The maximum absolute atomic E-state index is 3.61. The van der Waals surface area contributed by atoms with Crippen molar-refractivity contribution in [2.24, 2.45) is 0 Å². The highest BCUT2D eigenvalue weighted by Crippen LogP contribution is 2.41. The van der Waals surface area contributed by atoms with Crippen LogP contribution < -0.4 is 0 Å². The summed E-state index contributed by atoms with van der Waals surface area (Å²) < 4.78 is 1.80. The van der Waals surface area contributed by atoms with E-state index in [0.29, 0.717) is 4.58 Å². The smallest absolute Gasteiger partial charge is 0.0761 e. The van der Waals surface area contributed by atoms with Crippen LogP contribution in [0, 0.1) is 0 Å². The molecule has 1 rings (SSSR count). The van der Waals surface area contributed by atoms with Crippen LogP contribution in [0.15, 0.2) is 28.7 Å². The number of thioether (sulfide) groups is 2. The van der Waals surface area contributed by atoms with E-state index in [2.05, 4.69) is 54.0 Å². The fourth-order valence-electron chi connectivity index (χ4n) is 1.20. The second-order valence-corrected chi connectivity index (χ2v) is 6.68. The zero-order valence-electron chi connectivity index (χ0n) is 8.50. The first-order valence-electron chi connectivity index (χ1n) is 4.77. The Hall–Kier alpha value is 0.400. The van der Waals surface area contributed by atoms with Crippen molar-refractivity contribution in [1.82, 2.24) is 0 Å². The number of benzene rings is 1. The molecule has 0 bridgehead atoms. The van der Waals surface area contributed by atoms with Crippen LogP contribution in [0.2, 0.25) is 0 Å². The predicted molar refractivity (Wildman–Crippen MR) is 73.1 cm³/mol. The van der Waals surface area contributed by atoms with Gasteiger partial charge in [-0.2, -0.15) is 0 Å². The van der Waals surface area contributed by atoms with Crippen molar-refractivity contribution in [3.63, 3.8) is 0 Å². The van der Waals surface area contributed by atoms with Gasteiger partial charge in [0.25, 0.3) is 0 Å². The Labute approximate surface area is 103 Å². The van der Waals surface area contributed by atoms with Crippen molar-refractivity contribution < 1.29 is 0 Å².